The van der Waals surface area contributed by atoms with Crippen LogP contribution in [-0.2, 0) is 22.6 Å². The summed E-state index contributed by atoms with van der Waals surface area (Å²) in [7, 11) is 1.77. The zero-order chi connectivity index (χ0) is 13.1. The molecule has 1 aromatic rings. The molecule has 0 bridgehead atoms. The van der Waals surface area contributed by atoms with Crippen molar-refractivity contribution in [1.29, 1.82) is 0 Å². The largest absolute Gasteiger partial charge is 0.480 e. The van der Waals surface area contributed by atoms with Crippen LogP contribution >= 0.6 is 0 Å². The molecule has 1 aliphatic heterocycles. The molecule has 0 aromatic heterocycles. The minimum atomic E-state index is -0.831. The van der Waals surface area contributed by atoms with Crippen molar-refractivity contribution < 1.29 is 14.7 Å². The maximum absolute atomic E-state index is 11.2. The first-order valence-electron chi connectivity index (χ1n) is 5.86. The lowest BCUT2D eigenvalue weighted by Crippen LogP contribution is -2.25. The number of anilines is 1. The average Bonchev–Trinajstić information content (AvgIpc) is 2.28. The number of fused-ring (bicyclic) bond motifs is 1. The van der Waals surface area contributed by atoms with Crippen LogP contribution < -0.4 is 5.32 Å². The fourth-order valence-corrected chi connectivity index (χ4v) is 2.13. The standard InChI is InChI=1S/C13H16N2O3/c1-15(8-13(17)18)7-9-2-4-11-10(6-9)3-5-12(16)14-11/h2,4,6H,3,5,7-8H2,1H3,(H,14,16)(H,17,18). The van der Waals surface area contributed by atoms with Gasteiger partial charge in [-0.25, -0.2) is 0 Å². The lowest BCUT2D eigenvalue weighted by atomic mass is 10.0. The molecule has 0 aliphatic carbocycles. The molecule has 2 N–H and O–H groups in total. The van der Waals surface area contributed by atoms with Gasteiger partial charge in [-0.15, -0.1) is 0 Å². The third kappa shape index (κ3) is 3.07. The van der Waals surface area contributed by atoms with Crippen LogP contribution in [0.5, 0.6) is 0 Å². The van der Waals surface area contributed by atoms with Gasteiger partial charge in [0.25, 0.3) is 0 Å². The SMILES string of the molecule is CN(CC(=O)O)Cc1ccc2c(c1)CCC(=O)N2. The molecule has 1 aliphatic rings. The molecule has 0 fully saturated rings. The smallest absolute Gasteiger partial charge is 0.317 e. The van der Waals surface area contributed by atoms with Crippen molar-refractivity contribution >= 4 is 17.6 Å². The van der Waals surface area contributed by atoms with E-state index in [4.69, 9.17) is 5.11 Å². The van der Waals surface area contributed by atoms with Gasteiger partial charge in [0.2, 0.25) is 5.91 Å². The number of aryl methyl sites for hydroxylation is 1. The summed E-state index contributed by atoms with van der Waals surface area (Å²) in [5, 5.41) is 11.5. The number of aliphatic carboxylic acids is 1. The molecular weight excluding hydrogens is 232 g/mol. The normalized spacial score (nSPS) is 14.2. The molecule has 0 unspecified atom stereocenters. The summed E-state index contributed by atoms with van der Waals surface area (Å²) < 4.78 is 0. The predicted molar refractivity (Wildman–Crippen MR) is 67.4 cm³/mol. The Morgan fingerprint density at radius 3 is 2.94 bits per heavy atom. The van der Waals surface area contributed by atoms with Gasteiger partial charge < -0.3 is 10.4 Å². The van der Waals surface area contributed by atoms with Crippen LogP contribution in [0.25, 0.3) is 0 Å². The second kappa shape index (κ2) is 5.18. The average molecular weight is 248 g/mol. The maximum atomic E-state index is 11.2. The number of hydrogen-bond acceptors (Lipinski definition) is 3. The fourth-order valence-electron chi connectivity index (χ4n) is 2.13. The van der Waals surface area contributed by atoms with Gasteiger partial charge in [0.15, 0.2) is 0 Å². The second-order valence-corrected chi connectivity index (χ2v) is 4.61. The molecule has 0 radical (unpaired) electrons. The Bertz CT molecular complexity index is 485. The van der Waals surface area contributed by atoms with E-state index in [1.54, 1.807) is 11.9 Å². The van der Waals surface area contributed by atoms with E-state index in [0.717, 1.165) is 23.2 Å². The summed E-state index contributed by atoms with van der Waals surface area (Å²) in [6, 6.07) is 5.84. The summed E-state index contributed by atoms with van der Waals surface area (Å²) in [6.45, 7) is 0.612. The van der Waals surface area contributed by atoms with Gasteiger partial charge in [0, 0.05) is 18.7 Å². The number of carboxylic acids is 1. The van der Waals surface area contributed by atoms with E-state index in [1.165, 1.54) is 0 Å². The van der Waals surface area contributed by atoms with Gasteiger partial charge >= 0.3 is 5.97 Å². The quantitative estimate of drug-likeness (QED) is 0.836. The van der Waals surface area contributed by atoms with Crippen LogP contribution in [0.2, 0.25) is 0 Å². The van der Waals surface area contributed by atoms with Crippen molar-refractivity contribution in [3.8, 4) is 0 Å². The van der Waals surface area contributed by atoms with E-state index >= 15 is 0 Å². The van der Waals surface area contributed by atoms with E-state index < -0.39 is 5.97 Å². The highest BCUT2D eigenvalue weighted by Gasteiger charge is 2.15. The Morgan fingerprint density at radius 1 is 1.44 bits per heavy atom. The molecule has 1 aromatic carbocycles. The maximum Gasteiger partial charge on any atom is 0.317 e. The lowest BCUT2D eigenvalue weighted by Gasteiger charge is -2.19. The van der Waals surface area contributed by atoms with Crippen molar-refractivity contribution in [1.82, 2.24) is 4.90 Å². The highest BCUT2D eigenvalue weighted by atomic mass is 16.4. The van der Waals surface area contributed by atoms with E-state index in [2.05, 4.69) is 5.32 Å². The molecule has 1 heterocycles. The molecular formula is C13H16N2O3. The number of benzene rings is 1. The third-order valence-corrected chi connectivity index (χ3v) is 2.92. The highest BCUT2D eigenvalue weighted by molar-refractivity contribution is 5.93. The summed E-state index contributed by atoms with van der Waals surface area (Å²) in [5.41, 5.74) is 3.06. The minimum Gasteiger partial charge on any atom is -0.480 e. The highest BCUT2D eigenvalue weighted by Crippen LogP contribution is 2.23. The monoisotopic (exact) mass is 248 g/mol. The van der Waals surface area contributed by atoms with E-state index in [-0.39, 0.29) is 12.5 Å². The van der Waals surface area contributed by atoms with E-state index in [9.17, 15) is 9.59 Å². The molecule has 0 saturated heterocycles. The van der Waals surface area contributed by atoms with Crippen LogP contribution in [-0.4, -0.2) is 35.5 Å². The molecule has 5 heteroatoms. The van der Waals surface area contributed by atoms with Gasteiger partial charge in [-0.3, -0.25) is 14.5 Å². The number of hydrogen-bond donors (Lipinski definition) is 2. The number of nitrogens with zero attached hydrogens (tertiary/aromatic N) is 1. The van der Waals surface area contributed by atoms with E-state index in [1.807, 2.05) is 18.2 Å². The van der Waals surface area contributed by atoms with Crippen molar-refractivity contribution in [2.75, 3.05) is 18.9 Å². The van der Waals surface area contributed by atoms with Crippen molar-refractivity contribution in [2.45, 2.75) is 19.4 Å². The molecule has 1 amide bonds. The Kier molecular flexibility index (Phi) is 3.62. The number of likely N-dealkylation sites (N-methyl/N-ethyl adjacent to an activating group) is 1. The molecule has 0 atom stereocenters. The predicted octanol–water partition coefficient (Wildman–Crippen LogP) is 1.09. The lowest BCUT2D eigenvalue weighted by molar-refractivity contribution is -0.138. The number of carboxylic acid groups (broad SMARTS) is 1. The number of carbonyl (C=O) groups excluding carboxylic acids is 1. The van der Waals surface area contributed by atoms with Crippen molar-refractivity contribution in [2.24, 2.45) is 0 Å². The number of carbonyl (C=O) groups is 2. The summed E-state index contributed by atoms with van der Waals surface area (Å²) in [4.78, 5) is 23.5. The van der Waals surface area contributed by atoms with Crippen LogP contribution in [0, 0.1) is 0 Å². The number of nitrogens with one attached hydrogen (secondary N) is 1. The van der Waals surface area contributed by atoms with Crippen LogP contribution in [0.15, 0.2) is 18.2 Å². The van der Waals surface area contributed by atoms with Crippen LogP contribution in [0.3, 0.4) is 0 Å². The van der Waals surface area contributed by atoms with Gasteiger partial charge in [0.1, 0.15) is 0 Å². The number of amides is 1. The fraction of sp³-hybridized carbons (Fsp3) is 0.385. The first kappa shape index (κ1) is 12.6. The van der Waals surface area contributed by atoms with Crippen molar-refractivity contribution in [3.63, 3.8) is 0 Å². The molecule has 2 rings (SSSR count). The molecule has 0 spiro atoms. The Balaban J connectivity index is 2.07. The molecule has 0 saturated carbocycles. The van der Waals surface area contributed by atoms with Gasteiger partial charge in [-0.2, -0.15) is 0 Å². The summed E-state index contributed by atoms with van der Waals surface area (Å²) in [6.07, 6.45) is 1.26. The number of rotatable bonds is 4. The van der Waals surface area contributed by atoms with Gasteiger partial charge in [-0.05, 0) is 30.7 Å². The van der Waals surface area contributed by atoms with E-state index in [0.29, 0.717) is 13.0 Å². The minimum absolute atomic E-state index is 0.0216. The topological polar surface area (TPSA) is 69.6 Å². The Hall–Kier alpha value is -1.88. The first-order chi connectivity index (χ1) is 8.54. The molecule has 96 valence electrons. The second-order valence-electron chi connectivity index (χ2n) is 4.61. The summed E-state index contributed by atoms with van der Waals surface area (Å²) >= 11 is 0. The Morgan fingerprint density at radius 2 is 2.22 bits per heavy atom. The van der Waals surface area contributed by atoms with Crippen molar-refractivity contribution in [3.05, 3.63) is 29.3 Å². The third-order valence-electron chi connectivity index (χ3n) is 2.92. The summed E-state index contributed by atoms with van der Waals surface area (Å²) in [5.74, 6) is -0.777. The first-order valence-corrected chi connectivity index (χ1v) is 5.86. The zero-order valence-corrected chi connectivity index (χ0v) is 10.3. The Labute approximate surface area is 105 Å². The van der Waals surface area contributed by atoms with Crippen LogP contribution in [0.4, 0.5) is 5.69 Å². The van der Waals surface area contributed by atoms with Gasteiger partial charge in [-0.1, -0.05) is 12.1 Å². The van der Waals surface area contributed by atoms with Gasteiger partial charge in [0.05, 0.1) is 6.54 Å². The molecule has 18 heavy (non-hydrogen) atoms. The zero-order valence-electron chi connectivity index (χ0n) is 10.3. The van der Waals surface area contributed by atoms with Crippen LogP contribution in [0.1, 0.15) is 17.5 Å². The molecule has 5 nitrogen and oxygen atoms in total.